The minimum Gasteiger partial charge on any atom is -0.299 e. The fourth-order valence-corrected chi connectivity index (χ4v) is 3.26. The molecule has 0 bridgehead atoms. The number of allylic oxidation sites excluding steroid dienone is 3. The Morgan fingerprint density at radius 1 is 1.00 bits per heavy atom. The lowest BCUT2D eigenvalue weighted by Gasteiger charge is -2.22. The van der Waals surface area contributed by atoms with Crippen molar-refractivity contribution in [1.29, 1.82) is 10.8 Å². The van der Waals surface area contributed by atoms with Gasteiger partial charge in [-0.2, -0.15) is 0 Å². The van der Waals surface area contributed by atoms with Gasteiger partial charge in [-0.3, -0.25) is 10.8 Å². The van der Waals surface area contributed by atoms with Gasteiger partial charge in [-0.1, -0.05) is 19.3 Å². The predicted molar refractivity (Wildman–Crippen MR) is 67.1 cm³/mol. The summed E-state index contributed by atoms with van der Waals surface area (Å²) >= 11 is 1.88. The van der Waals surface area contributed by atoms with Gasteiger partial charge in [0.2, 0.25) is 0 Å². The van der Waals surface area contributed by atoms with E-state index in [4.69, 9.17) is 10.8 Å². The Kier molecular flexibility index (Phi) is 3.41. The molecule has 2 N–H and O–H groups in total. The first-order chi connectivity index (χ1) is 7.25. The minimum absolute atomic E-state index is 0.322. The van der Waals surface area contributed by atoms with Gasteiger partial charge in [0, 0.05) is 10.2 Å². The van der Waals surface area contributed by atoms with Crippen LogP contribution in [0.1, 0.15) is 32.1 Å². The molecule has 0 atom stereocenters. The van der Waals surface area contributed by atoms with Crippen LogP contribution in [-0.4, -0.2) is 16.7 Å². The number of hydrogen-bond acceptors (Lipinski definition) is 3. The molecule has 15 heavy (non-hydrogen) atoms. The van der Waals surface area contributed by atoms with E-state index in [0.29, 0.717) is 11.4 Å². The second kappa shape index (κ2) is 4.79. The van der Waals surface area contributed by atoms with Gasteiger partial charge in [0.25, 0.3) is 0 Å². The van der Waals surface area contributed by atoms with Gasteiger partial charge < -0.3 is 0 Å². The second-order valence-corrected chi connectivity index (χ2v) is 5.46. The summed E-state index contributed by atoms with van der Waals surface area (Å²) in [4.78, 5) is 1.16. The molecule has 3 heteroatoms. The van der Waals surface area contributed by atoms with Crippen molar-refractivity contribution < 1.29 is 0 Å². The highest BCUT2D eigenvalue weighted by atomic mass is 32.2. The van der Waals surface area contributed by atoms with Crippen LogP contribution in [0.25, 0.3) is 0 Å². The van der Waals surface area contributed by atoms with Crippen LogP contribution in [0.15, 0.2) is 23.1 Å². The summed E-state index contributed by atoms with van der Waals surface area (Å²) in [5.74, 6) is 0. The average molecular weight is 220 g/mol. The maximum atomic E-state index is 7.58. The Bertz CT molecular complexity index is 336. The fourth-order valence-electron chi connectivity index (χ4n) is 1.97. The first-order valence-electron chi connectivity index (χ1n) is 5.49. The molecule has 0 aromatic rings. The smallest absolute Gasteiger partial charge is 0.0800 e. The molecule has 2 nitrogen and oxygen atoms in total. The van der Waals surface area contributed by atoms with Gasteiger partial charge in [-0.15, -0.1) is 11.8 Å². The third-order valence-corrected chi connectivity index (χ3v) is 4.18. The molecule has 2 rings (SSSR count). The summed E-state index contributed by atoms with van der Waals surface area (Å²) in [7, 11) is 0. The highest BCUT2D eigenvalue weighted by Crippen LogP contribution is 2.34. The SMILES string of the molecule is N=C1C=CC(SC2CCCCC2)=CC1=N. The molecule has 1 saturated carbocycles. The third kappa shape index (κ3) is 2.81. The third-order valence-electron chi connectivity index (χ3n) is 2.85. The van der Waals surface area contributed by atoms with Gasteiger partial charge in [0.15, 0.2) is 0 Å². The Morgan fingerprint density at radius 3 is 2.40 bits per heavy atom. The van der Waals surface area contributed by atoms with E-state index in [1.54, 1.807) is 6.08 Å². The van der Waals surface area contributed by atoms with Gasteiger partial charge in [0.1, 0.15) is 0 Å². The molecule has 0 aliphatic heterocycles. The summed E-state index contributed by atoms with van der Waals surface area (Å²) in [5.41, 5.74) is 0.666. The van der Waals surface area contributed by atoms with Crippen LogP contribution in [0.4, 0.5) is 0 Å². The summed E-state index contributed by atoms with van der Waals surface area (Å²) in [6.07, 6.45) is 12.2. The molecule has 2 aliphatic carbocycles. The highest BCUT2D eigenvalue weighted by Gasteiger charge is 2.16. The number of rotatable bonds is 2. The van der Waals surface area contributed by atoms with E-state index in [2.05, 4.69) is 0 Å². The maximum absolute atomic E-state index is 7.58. The van der Waals surface area contributed by atoms with Crippen molar-refractivity contribution in [3.05, 3.63) is 23.1 Å². The summed E-state index contributed by atoms with van der Waals surface area (Å²) in [6.45, 7) is 0. The van der Waals surface area contributed by atoms with Crippen LogP contribution in [0.3, 0.4) is 0 Å². The summed E-state index contributed by atoms with van der Waals surface area (Å²) < 4.78 is 0. The lowest BCUT2D eigenvalue weighted by molar-refractivity contribution is 0.517. The molecular weight excluding hydrogens is 204 g/mol. The molecule has 0 amide bonds. The predicted octanol–water partition coefficient (Wildman–Crippen LogP) is 3.55. The van der Waals surface area contributed by atoms with Crippen LogP contribution in [0.5, 0.6) is 0 Å². The fraction of sp³-hybridized carbons (Fsp3) is 0.500. The molecule has 0 saturated heterocycles. The van der Waals surface area contributed by atoms with Crippen LogP contribution in [-0.2, 0) is 0 Å². The van der Waals surface area contributed by atoms with Crippen LogP contribution >= 0.6 is 11.8 Å². The lowest BCUT2D eigenvalue weighted by atomic mass is 10.0. The van der Waals surface area contributed by atoms with Crippen molar-refractivity contribution in [3.8, 4) is 0 Å². The van der Waals surface area contributed by atoms with Crippen molar-refractivity contribution in [3.63, 3.8) is 0 Å². The lowest BCUT2D eigenvalue weighted by Crippen LogP contribution is -2.12. The van der Waals surface area contributed by atoms with Crippen molar-refractivity contribution in [2.24, 2.45) is 0 Å². The van der Waals surface area contributed by atoms with E-state index >= 15 is 0 Å². The monoisotopic (exact) mass is 220 g/mol. The molecule has 1 fully saturated rings. The molecule has 0 unspecified atom stereocenters. The van der Waals surface area contributed by atoms with Crippen molar-refractivity contribution in [2.45, 2.75) is 37.4 Å². The van der Waals surface area contributed by atoms with E-state index in [9.17, 15) is 0 Å². The Hall–Kier alpha value is -0.830. The summed E-state index contributed by atoms with van der Waals surface area (Å²) in [6, 6.07) is 0. The normalized spacial score (nSPS) is 23.1. The zero-order valence-electron chi connectivity index (χ0n) is 8.75. The molecule has 80 valence electrons. The second-order valence-electron chi connectivity index (χ2n) is 4.09. The first-order valence-corrected chi connectivity index (χ1v) is 6.37. The van der Waals surface area contributed by atoms with E-state index < -0.39 is 0 Å². The number of nitrogens with one attached hydrogen (secondary N) is 2. The largest absolute Gasteiger partial charge is 0.299 e. The van der Waals surface area contributed by atoms with E-state index in [-0.39, 0.29) is 0 Å². The van der Waals surface area contributed by atoms with Crippen molar-refractivity contribution >= 4 is 23.2 Å². The standard InChI is InChI=1S/C12H16N2S/c13-11-7-6-10(8-12(11)14)15-9-4-2-1-3-5-9/h6-9,13-14H,1-5H2. The van der Waals surface area contributed by atoms with E-state index in [0.717, 1.165) is 10.2 Å². The Morgan fingerprint density at radius 2 is 1.73 bits per heavy atom. The van der Waals surface area contributed by atoms with Crippen LogP contribution in [0.2, 0.25) is 0 Å². The Balaban J connectivity index is 1.94. The zero-order chi connectivity index (χ0) is 10.7. The average Bonchev–Trinajstić information content (AvgIpc) is 2.25. The van der Waals surface area contributed by atoms with E-state index in [1.165, 1.54) is 32.1 Å². The minimum atomic E-state index is 0.322. The molecule has 0 radical (unpaired) electrons. The molecule has 0 heterocycles. The quantitative estimate of drug-likeness (QED) is 0.687. The van der Waals surface area contributed by atoms with Crippen LogP contribution < -0.4 is 0 Å². The zero-order valence-corrected chi connectivity index (χ0v) is 9.57. The van der Waals surface area contributed by atoms with Crippen molar-refractivity contribution in [2.75, 3.05) is 0 Å². The topological polar surface area (TPSA) is 47.7 Å². The molecule has 2 aliphatic rings. The van der Waals surface area contributed by atoms with Gasteiger partial charge in [0.05, 0.1) is 11.4 Å². The first kappa shape index (κ1) is 10.7. The number of hydrogen-bond donors (Lipinski definition) is 2. The van der Waals surface area contributed by atoms with E-state index in [1.807, 2.05) is 23.9 Å². The highest BCUT2D eigenvalue weighted by molar-refractivity contribution is 8.03. The number of thioether (sulfide) groups is 1. The van der Waals surface area contributed by atoms with Gasteiger partial charge >= 0.3 is 0 Å². The van der Waals surface area contributed by atoms with Gasteiger partial charge in [-0.05, 0) is 31.1 Å². The molecule has 0 aromatic carbocycles. The van der Waals surface area contributed by atoms with Gasteiger partial charge in [-0.25, -0.2) is 0 Å². The maximum Gasteiger partial charge on any atom is 0.0800 e. The molecule has 0 aromatic heterocycles. The molecular formula is C12H16N2S. The Labute approximate surface area is 94.9 Å². The van der Waals surface area contributed by atoms with Crippen molar-refractivity contribution in [1.82, 2.24) is 0 Å². The van der Waals surface area contributed by atoms with Crippen LogP contribution in [0, 0.1) is 10.8 Å². The molecule has 0 spiro atoms. The summed E-state index contributed by atoms with van der Waals surface area (Å²) in [5, 5.41) is 15.7.